The van der Waals surface area contributed by atoms with E-state index in [-0.39, 0.29) is 25.6 Å². The Morgan fingerprint density at radius 2 is 2.04 bits per heavy atom. The van der Waals surface area contributed by atoms with Gasteiger partial charge >= 0.3 is 6.09 Å². The van der Waals surface area contributed by atoms with Crippen LogP contribution in [0.25, 0.3) is 0 Å². The molecule has 0 spiro atoms. The fraction of sp³-hybridized carbons (Fsp3) is 0.533. The molecular formula is C15H22N2O5S. The molecule has 0 radical (unpaired) electrons. The fourth-order valence-corrected chi connectivity index (χ4v) is 3.09. The molecule has 1 amide bonds. The maximum atomic E-state index is 12.1. The topological polar surface area (TPSA) is 95.9 Å². The van der Waals surface area contributed by atoms with E-state index in [9.17, 15) is 18.3 Å². The standard InChI is InChI=1S/C15H22N2O5S/c1-23(20,21)16-8-13-7-14(18)10-17(9-13)15(19)22-11-12-5-3-2-4-6-12/h2-6,13-14,16,18H,7-11H2,1H3. The summed E-state index contributed by atoms with van der Waals surface area (Å²) in [6, 6.07) is 9.32. The molecular weight excluding hydrogens is 320 g/mol. The van der Waals surface area contributed by atoms with Crippen molar-refractivity contribution in [3.05, 3.63) is 35.9 Å². The molecule has 2 unspecified atom stereocenters. The summed E-state index contributed by atoms with van der Waals surface area (Å²) in [6.07, 6.45) is 0.347. The third kappa shape index (κ3) is 6.17. The molecule has 1 fully saturated rings. The number of hydrogen-bond acceptors (Lipinski definition) is 5. The highest BCUT2D eigenvalue weighted by Crippen LogP contribution is 2.18. The van der Waals surface area contributed by atoms with Gasteiger partial charge in [-0.15, -0.1) is 0 Å². The molecule has 23 heavy (non-hydrogen) atoms. The minimum absolute atomic E-state index is 0.141. The molecule has 2 atom stereocenters. The maximum absolute atomic E-state index is 12.1. The number of ether oxygens (including phenoxy) is 1. The highest BCUT2D eigenvalue weighted by atomic mass is 32.2. The summed E-state index contributed by atoms with van der Waals surface area (Å²) in [5.74, 6) is -0.141. The van der Waals surface area contributed by atoms with Gasteiger partial charge in [-0.25, -0.2) is 17.9 Å². The zero-order valence-corrected chi connectivity index (χ0v) is 13.8. The monoisotopic (exact) mass is 342 g/mol. The van der Waals surface area contributed by atoms with Gasteiger partial charge in [-0.05, 0) is 17.9 Å². The van der Waals surface area contributed by atoms with Crippen molar-refractivity contribution in [2.45, 2.75) is 19.1 Å². The highest BCUT2D eigenvalue weighted by molar-refractivity contribution is 7.88. The van der Waals surface area contributed by atoms with Crippen molar-refractivity contribution in [3.63, 3.8) is 0 Å². The Morgan fingerprint density at radius 3 is 2.70 bits per heavy atom. The summed E-state index contributed by atoms with van der Waals surface area (Å²) in [4.78, 5) is 13.5. The van der Waals surface area contributed by atoms with Crippen LogP contribution in [0.4, 0.5) is 4.79 Å². The quantitative estimate of drug-likeness (QED) is 0.815. The van der Waals surface area contributed by atoms with E-state index in [1.807, 2.05) is 30.3 Å². The summed E-state index contributed by atoms with van der Waals surface area (Å²) in [5.41, 5.74) is 0.883. The molecule has 0 aliphatic carbocycles. The fourth-order valence-electron chi connectivity index (χ4n) is 2.55. The van der Waals surface area contributed by atoms with Gasteiger partial charge in [-0.3, -0.25) is 0 Å². The number of rotatable bonds is 5. The lowest BCUT2D eigenvalue weighted by Gasteiger charge is -2.35. The van der Waals surface area contributed by atoms with E-state index in [0.29, 0.717) is 13.0 Å². The third-order valence-corrected chi connectivity index (χ3v) is 4.30. The largest absolute Gasteiger partial charge is 0.445 e. The molecule has 1 aliphatic rings. The van der Waals surface area contributed by atoms with Gasteiger partial charge in [-0.1, -0.05) is 30.3 Å². The van der Waals surface area contributed by atoms with Gasteiger partial charge in [-0.2, -0.15) is 0 Å². The summed E-state index contributed by atoms with van der Waals surface area (Å²) < 4.78 is 30.0. The number of benzene rings is 1. The van der Waals surface area contributed by atoms with Crippen LogP contribution in [-0.4, -0.2) is 56.5 Å². The number of aliphatic hydroxyl groups excluding tert-OH is 1. The van der Waals surface area contributed by atoms with Gasteiger partial charge in [0.15, 0.2) is 0 Å². The smallest absolute Gasteiger partial charge is 0.410 e. The first kappa shape index (κ1) is 17.7. The number of carbonyl (C=O) groups is 1. The SMILES string of the molecule is CS(=O)(=O)NCC1CC(O)CN(C(=O)OCc2ccccc2)C1. The summed E-state index contributed by atoms with van der Waals surface area (Å²) >= 11 is 0. The molecule has 1 heterocycles. The molecule has 128 valence electrons. The van der Waals surface area contributed by atoms with Gasteiger partial charge in [0.1, 0.15) is 6.61 Å². The van der Waals surface area contributed by atoms with E-state index >= 15 is 0 Å². The minimum Gasteiger partial charge on any atom is -0.445 e. The van der Waals surface area contributed by atoms with Crippen molar-refractivity contribution in [1.82, 2.24) is 9.62 Å². The second-order valence-electron chi connectivity index (χ2n) is 5.82. The Labute approximate surface area is 136 Å². The van der Waals surface area contributed by atoms with Crippen molar-refractivity contribution in [2.75, 3.05) is 25.9 Å². The van der Waals surface area contributed by atoms with Crippen LogP contribution < -0.4 is 4.72 Å². The zero-order chi connectivity index (χ0) is 16.9. The second-order valence-corrected chi connectivity index (χ2v) is 7.65. The lowest BCUT2D eigenvalue weighted by Crippen LogP contribution is -2.49. The number of nitrogens with zero attached hydrogens (tertiary/aromatic N) is 1. The van der Waals surface area contributed by atoms with Crippen LogP contribution in [0.1, 0.15) is 12.0 Å². The Kier molecular flexibility index (Phi) is 5.97. The molecule has 1 aromatic carbocycles. The van der Waals surface area contributed by atoms with Crippen LogP contribution in [0.15, 0.2) is 30.3 Å². The second kappa shape index (κ2) is 7.76. The van der Waals surface area contributed by atoms with Crippen LogP contribution in [0.5, 0.6) is 0 Å². The average molecular weight is 342 g/mol. The lowest BCUT2D eigenvalue weighted by atomic mass is 9.96. The Morgan fingerprint density at radius 1 is 1.35 bits per heavy atom. The van der Waals surface area contributed by atoms with E-state index in [1.165, 1.54) is 4.90 Å². The van der Waals surface area contributed by atoms with Crippen LogP contribution in [0.3, 0.4) is 0 Å². The Balaban J connectivity index is 1.86. The van der Waals surface area contributed by atoms with Gasteiger partial charge in [0.05, 0.1) is 12.4 Å². The minimum atomic E-state index is -3.29. The van der Waals surface area contributed by atoms with Crippen LogP contribution >= 0.6 is 0 Å². The van der Waals surface area contributed by atoms with Gasteiger partial charge in [0.2, 0.25) is 10.0 Å². The van der Waals surface area contributed by atoms with Crippen molar-refractivity contribution >= 4 is 16.1 Å². The predicted molar refractivity (Wildman–Crippen MR) is 85.2 cm³/mol. The van der Waals surface area contributed by atoms with E-state index in [0.717, 1.165) is 11.8 Å². The molecule has 7 nitrogen and oxygen atoms in total. The summed E-state index contributed by atoms with van der Waals surface area (Å²) in [5, 5.41) is 9.89. The van der Waals surface area contributed by atoms with Crippen molar-refractivity contribution in [2.24, 2.45) is 5.92 Å². The van der Waals surface area contributed by atoms with Gasteiger partial charge in [0.25, 0.3) is 0 Å². The van der Waals surface area contributed by atoms with E-state index < -0.39 is 22.2 Å². The average Bonchev–Trinajstić information content (AvgIpc) is 2.50. The molecule has 0 saturated carbocycles. The number of aliphatic hydroxyl groups is 1. The number of nitrogens with one attached hydrogen (secondary N) is 1. The van der Waals surface area contributed by atoms with Crippen LogP contribution in [0, 0.1) is 5.92 Å². The van der Waals surface area contributed by atoms with Crippen molar-refractivity contribution in [3.8, 4) is 0 Å². The molecule has 2 N–H and O–H groups in total. The van der Waals surface area contributed by atoms with E-state index in [1.54, 1.807) is 0 Å². The normalized spacial score (nSPS) is 21.9. The molecule has 1 aromatic rings. The first-order valence-corrected chi connectivity index (χ1v) is 9.31. The highest BCUT2D eigenvalue weighted by Gasteiger charge is 2.30. The molecule has 2 rings (SSSR count). The summed E-state index contributed by atoms with van der Waals surface area (Å²) in [7, 11) is -3.29. The molecule has 1 aliphatic heterocycles. The lowest BCUT2D eigenvalue weighted by molar-refractivity contribution is 0.0266. The number of sulfonamides is 1. The molecule has 0 aromatic heterocycles. The number of carbonyl (C=O) groups excluding carboxylic acids is 1. The first-order chi connectivity index (χ1) is 10.8. The number of hydrogen-bond donors (Lipinski definition) is 2. The first-order valence-electron chi connectivity index (χ1n) is 7.42. The number of likely N-dealkylation sites (tertiary alicyclic amines) is 1. The van der Waals surface area contributed by atoms with Crippen molar-refractivity contribution < 1.29 is 23.1 Å². The predicted octanol–water partition coefficient (Wildman–Crippen LogP) is 0.555. The summed E-state index contributed by atoms with van der Waals surface area (Å²) in [6.45, 7) is 0.910. The van der Waals surface area contributed by atoms with Gasteiger partial charge < -0.3 is 14.7 Å². The Bertz CT molecular complexity index is 620. The van der Waals surface area contributed by atoms with Crippen molar-refractivity contribution in [1.29, 1.82) is 0 Å². The molecule has 8 heteroatoms. The molecule has 0 bridgehead atoms. The third-order valence-electron chi connectivity index (χ3n) is 3.61. The van der Waals surface area contributed by atoms with E-state index in [4.69, 9.17) is 4.74 Å². The van der Waals surface area contributed by atoms with Crippen LogP contribution in [0.2, 0.25) is 0 Å². The van der Waals surface area contributed by atoms with Gasteiger partial charge in [0, 0.05) is 19.6 Å². The molecule has 1 saturated heterocycles. The maximum Gasteiger partial charge on any atom is 0.410 e. The number of amides is 1. The number of piperidine rings is 1. The van der Waals surface area contributed by atoms with Crippen LogP contribution in [-0.2, 0) is 21.4 Å². The zero-order valence-electron chi connectivity index (χ0n) is 13.0. The Hall–Kier alpha value is -1.64. The number of β-amino-alcohol motifs (C(OH)–C–C–N with tert-alkyl or cyclic N) is 1. The van der Waals surface area contributed by atoms with E-state index in [2.05, 4.69) is 4.72 Å².